The van der Waals surface area contributed by atoms with Crippen LogP contribution in [-0.2, 0) is 17.9 Å². The van der Waals surface area contributed by atoms with E-state index in [0.717, 1.165) is 6.54 Å². The van der Waals surface area contributed by atoms with Gasteiger partial charge in [-0.15, -0.1) is 0 Å². The number of nitrogens with one attached hydrogen (secondary N) is 1. The Morgan fingerprint density at radius 1 is 1.24 bits per heavy atom. The van der Waals surface area contributed by atoms with Gasteiger partial charge in [-0.3, -0.25) is 14.3 Å². The molecule has 33 heavy (non-hydrogen) atoms. The van der Waals surface area contributed by atoms with E-state index in [1.165, 1.54) is 0 Å². The Hall–Kier alpha value is -4.06. The Bertz CT molecular complexity index is 1170. The summed E-state index contributed by atoms with van der Waals surface area (Å²) in [5.41, 5.74) is 1.12. The number of amides is 2. The number of furan rings is 1. The number of para-hydroxylation sites is 1. The van der Waals surface area contributed by atoms with Gasteiger partial charge < -0.3 is 19.4 Å². The zero-order valence-electron chi connectivity index (χ0n) is 18.4. The molecule has 3 aromatic rings. The molecular formula is C24H25N5O4. The van der Waals surface area contributed by atoms with E-state index in [9.17, 15) is 9.59 Å². The minimum absolute atomic E-state index is 0.0483. The quantitative estimate of drug-likeness (QED) is 0.594. The molecule has 2 aromatic heterocycles. The van der Waals surface area contributed by atoms with Gasteiger partial charge in [0.05, 0.1) is 17.4 Å². The molecule has 1 fully saturated rings. The number of carbonyl (C=O) groups excluding carboxylic acids is 2. The van der Waals surface area contributed by atoms with Gasteiger partial charge in [-0.25, -0.2) is 0 Å². The second kappa shape index (κ2) is 10.0. The van der Waals surface area contributed by atoms with E-state index < -0.39 is 0 Å². The number of likely N-dealkylation sites (tertiary alicyclic amines) is 1. The van der Waals surface area contributed by atoms with Crippen molar-refractivity contribution in [3.63, 3.8) is 0 Å². The molecule has 3 heterocycles. The third kappa shape index (κ3) is 5.23. The van der Waals surface area contributed by atoms with E-state index in [-0.39, 0.29) is 30.1 Å². The molecule has 0 saturated carbocycles. The molecule has 9 nitrogen and oxygen atoms in total. The normalized spacial score (nSPS) is 14.0. The fourth-order valence-corrected chi connectivity index (χ4v) is 3.75. The average Bonchev–Trinajstić information content (AvgIpc) is 3.52. The first-order valence-electron chi connectivity index (χ1n) is 10.9. The van der Waals surface area contributed by atoms with Crippen LogP contribution in [0, 0.1) is 17.2 Å². The topological polar surface area (TPSA) is 113 Å². The van der Waals surface area contributed by atoms with Gasteiger partial charge in [0.15, 0.2) is 5.76 Å². The molecule has 170 valence electrons. The zero-order valence-corrected chi connectivity index (χ0v) is 18.4. The molecule has 2 amide bonds. The summed E-state index contributed by atoms with van der Waals surface area (Å²) in [5, 5.41) is 16.2. The highest BCUT2D eigenvalue weighted by atomic mass is 16.5. The number of carbonyl (C=O) groups is 2. The van der Waals surface area contributed by atoms with Crippen LogP contribution in [-0.4, -0.2) is 39.6 Å². The van der Waals surface area contributed by atoms with Gasteiger partial charge in [-0.05, 0) is 44.0 Å². The monoisotopic (exact) mass is 447 g/mol. The molecule has 1 aromatic carbocycles. The van der Waals surface area contributed by atoms with E-state index >= 15 is 0 Å². The van der Waals surface area contributed by atoms with Crippen LogP contribution in [0.15, 0.2) is 53.2 Å². The second-order valence-electron chi connectivity index (χ2n) is 7.80. The van der Waals surface area contributed by atoms with Crippen molar-refractivity contribution in [2.75, 3.05) is 18.4 Å². The number of aromatic nitrogens is 2. The van der Waals surface area contributed by atoms with Gasteiger partial charge in [-0.1, -0.05) is 12.1 Å². The van der Waals surface area contributed by atoms with Crippen molar-refractivity contribution in [2.24, 2.45) is 5.92 Å². The number of rotatable bonds is 7. The van der Waals surface area contributed by atoms with Crippen molar-refractivity contribution in [2.45, 2.75) is 32.9 Å². The predicted molar refractivity (Wildman–Crippen MR) is 119 cm³/mol. The molecule has 1 aliphatic heterocycles. The van der Waals surface area contributed by atoms with Crippen LogP contribution in [0.5, 0.6) is 5.75 Å². The van der Waals surface area contributed by atoms with E-state index in [1.54, 1.807) is 58.4 Å². The maximum Gasteiger partial charge on any atom is 0.289 e. The fraction of sp³-hybridized carbons (Fsp3) is 0.333. The molecule has 4 rings (SSSR count). The summed E-state index contributed by atoms with van der Waals surface area (Å²) in [5.74, 6) is 0.783. The molecule has 0 unspecified atom stereocenters. The molecule has 9 heteroatoms. The van der Waals surface area contributed by atoms with Gasteiger partial charge >= 0.3 is 0 Å². The standard InChI is InChI=1S/C24H25N5O4/c1-2-29-15-19(14-26-29)27-23(30)17-9-11-28(12-10-17)24(31)22-8-7-20(33-22)16-32-21-6-4-3-5-18(21)13-25/h3-8,14-15,17H,2,9-12,16H2,1H3,(H,27,30). The summed E-state index contributed by atoms with van der Waals surface area (Å²) < 4.78 is 13.1. The Morgan fingerprint density at radius 3 is 2.76 bits per heavy atom. The molecule has 0 radical (unpaired) electrons. The number of nitriles is 1. The van der Waals surface area contributed by atoms with Crippen molar-refractivity contribution in [1.29, 1.82) is 5.26 Å². The Morgan fingerprint density at radius 2 is 2.03 bits per heavy atom. The van der Waals surface area contributed by atoms with Crippen molar-refractivity contribution in [3.8, 4) is 11.8 Å². The number of ether oxygens (including phenoxy) is 1. The van der Waals surface area contributed by atoms with Crippen molar-refractivity contribution in [1.82, 2.24) is 14.7 Å². The minimum atomic E-state index is -0.207. The summed E-state index contributed by atoms with van der Waals surface area (Å²) in [6.07, 6.45) is 4.60. The molecular weight excluding hydrogens is 422 g/mol. The Balaban J connectivity index is 1.28. The summed E-state index contributed by atoms with van der Waals surface area (Å²) in [6, 6.07) is 12.3. The van der Waals surface area contributed by atoms with Gasteiger partial charge in [0.25, 0.3) is 5.91 Å². The lowest BCUT2D eigenvalue weighted by Gasteiger charge is -2.30. The zero-order chi connectivity index (χ0) is 23.2. The number of anilines is 1. The molecule has 1 saturated heterocycles. The van der Waals surface area contributed by atoms with Crippen LogP contribution in [0.3, 0.4) is 0 Å². The first-order valence-corrected chi connectivity index (χ1v) is 10.9. The van der Waals surface area contributed by atoms with Crippen molar-refractivity contribution < 1.29 is 18.7 Å². The summed E-state index contributed by atoms with van der Waals surface area (Å²) in [7, 11) is 0. The van der Waals surface area contributed by atoms with Crippen LogP contribution in [0.4, 0.5) is 5.69 Å². The fourth-order valence-electron chi connectivity index (χ4n) is 3.75. The number of aryl methyl sites for hydroxylation is 1. The first kappa shape index (κ1) is 22.1. The van der Waals surface area contributed by atoms with Crippen LogP contribution in [0.2, 0.25) is 0 Å². The predicted octanol–water partition coefficient (Wildman–Crippen LogP) is 3.44. The molecule has 1 aliphatic rings. The molecule has 0 aliphatic carbocycles. The van der Waals surface area contributed by atoms with Gasteiger partial charge in [0.2, 0.25) is 5.91 Å². The first-order chi connectivity index (χ1) is 16.1. The minimum Gasteiger partial charge on any atom is -0.484 e. The third-order valence-corrected chi connectivity index (χ3v) is 5.63. The summed E-state index contributed by atoms with van der Waals surface area (Å²) >= 11 is 0. The lowest BCUT2D eigenvalue weighted by molar-refractivity contribution is -0.121. The SMILES string of the molecule is CCn1cc(NC(=O)C2CCN(C(=O)c3ccc(COc4ccccc4C#N)o3)CC2)cn1. The van der Waals surface area contributed by atoms with Crippen molar-refractivity contribution in [3.05, 3.63) is 65.9 Å². The average molecular weight is 447 g/mol. The van der Waals surface area contributed by atoms with E-state index in [1.807, 2.05) is 6.92 Å². The molecule has 0 spiro atoms. The van der Waals surface area contributed by atoms with Crippen molar-refractivity contribution >= 4 is 17.5 Å². The Kier molecular flexibility index (Phi) is 6.74. The maximum atomic E-state index is 12.8. The third-order valence-electron chi connectivity index (χ3n) is 5.63. The molecule has 0 atom stereocenters. The highest BCUT2D eigenvalue weighted by Gasteiger charge is 2.29. The summed E-state index contributed by atoms with van der Waals surface area (Å²) in [4.78, 5) is 27.1. The smallest absolute Gasteiger partial charge is 0.289 e. The number of hydrogen-bond donors (Lipinski definition) is 1. The highest BCUT2D eigenvalue weighted by Crippen LogP contribution is 2.23. The number of piperidine rings is 1. The largest absolute Gasteiger partial charge is 0.484 e. The van der Waals surface area contributed by atoms with Crippen LogP contribution < -0.4 is 10.1 Å². The lowest BCUT2D eigenvalue weighted by Crippen LogP contribution is -2.41. The van der Waals surface area contributed by atoms with E-state index in [4.69, 9.17) is 14.4 Å². The number of benzene rings is 1. The van der Waals surface area contributed by atoms with Crippen LogP contribution in [0.1, 0.15) is 41.6 Å². The lowest BCUT2D eigenvalue weighted by atomic mass is 9.95. The van der Waals surface area contributed by atoms with E-state index in [2.05, 4.69) is 16.5 Å². The highest BCUT2D eigenvalue weighted by molar-refractivity contribution is 5.93. The van der Waals surface area contributed by atoms with E-state index in [0.29, 0.717) is 48.7 Å². The number of hydrogen-bond acceptors (Lipinski definition) is 6. The van der Waals surface area contributed by atoms with Gasteiger partial charge in [0, 0.05) is 31.7 Å². The van der Waals surface area contributed by atoms with Gasteiger partial charge in [-0.2, -0.15) is 10.4 Å². The molecule has 0 bridgehead atoms. The number of nitrogens with zero attached hydrogens (tertiary/aromatic N) is 4. The second-order valence-corrected chi connectivity index (χ2v) is 7.80. The summed E-state index contributed by atoms with van der Waals surface area (Å²) in [6.45, 7) is 3.79. The Labute approximate surface area is 191 Å². The maximum absolute atomic E-state index is 12.8. The molecule has 1 N–H and O–H groups in total. The van der Waals surface area contributed by atoms with Crippen LogP contribution >= 0.6 is 0 Å². The van der Waals surface area contributed by atoms with Gasteiger partial charge in [0.1, 0.15) is 24.2 Å². The van der Waals surface area contributed by atoms with Crippen LogP contribution in [0.25, 0.3) is 0 Å².